The molecule has 0 heterocycles. The van der Waals surface area contributed by atoms with Crippen LogP contribution in [0.4, 0.5) is 0 Å². The van der Waals surface area contributed by atoms with Crippen molar-refractivity contribution in [3.05, 3.63) is 144 Å². The molecular weight excluding hydrogens is 1600 g/mol. The van der Waals surface area contributed by atoms with Gasteiger partial charge in [-0.25, -0.2) is 0 Å². The van der Waals surface area contributed by atoms with Gasteiger partial charge in [0, 0.05) is 85.0 Å². The second-order valence-corrected chi connectivity index (χ2v) is 34.6. The zero-order valence-corrected chi connectivity index (χ0v) is 78.9. The van der Waals surface area contributed by atoms with Gasteiger partial charge in [0.2, 0.25) is 65.0 Å². The summed E-state index contributed by atoms with van der Waals surface area (Å²) in [4.78, 5) is 178. The van der Waals surface area contributed by atoms with Crippen LogP contribution in [0, 0.1) is 0 Å². The summed E-state index contributed by atoms with van der Waals surface area (Å²) in [6.07, 6.45) is 35.8. The Balaban J connectivity index is 1.77. The largest absolute Gasteiger partial charge is 0.368 e. The lowest BCUT2D eigenvalue weighted by molar-refractivity contribution is -0.149. The number of carbonyl (C=O) groups is 11. The van der Waals surface area contributed by atoms with Crippen molar-refractivity contribution in [1.82, 2.24) is 49.0 Å². The van der Waals surface area contributed by atoms with E-state index < -0.39 is 85.9 Å². The van der Waals surface area contributed by atoms with Gasteiger partial charge in [-0.2, -0.15) is 0 Å². The first-order valence-corrected chi connectivity index (χ1v) is 49.1. The van der Waals surface area contributed by atoms with Gasteiger partial charge in [-0.1, -0.05) is 335 Å². The van der Waals surface area contributed by atoms with Crippen LogP contribution >= 0.6 is 0 Å². The van der Waals surface area contributed by atoms with E-state index in [-0.39, 0.29) is 123 Å². The van der Waals surface area contributed by atoms with Gasteiger partial charge in [0.05, 0.1) is 65.4 Å². The highest BCUT2D eigenvalue weighted by molar-refractivity contribution is 5.94. The lowest BCUT2D eigenvalue weighted by atomic mass is 10.1. The molecule has 0 aliphatic carbocycles. The fourth-order valence-electron chi connectivity index (χ4n) is 15.9. The van der Waals surface area contributed by atoms with E-state index in [0.29, 0.717) is 70.9 Å². The van der Waals surface area contributed by atoms with Gasteiger partial charge in [-0.3, -0.25) is 52.7 Å². The molecule has 25 nitrogen and oxygen atoms in total. The maximum Gasteiger partial charge on any atom is 0.242 e. The molecule has 4 aromatic rings. The maximum absolute atomic E-state index is 15.7. The van der Waals surface area contributed by atoms with Crippen LogP contribution in [0.5, 0.6) is 0 Å². The molecule has 4 aromatic carbocycles. The predicted molar refractivity (Wildman–Crippen MR) is 512 cm³/mol. The number of primary amides is 1. The quantitative estimate of drug-likeness (QED) is 0.0299. The summed E-state index contributed by atoms with van der Waals surface area (Å²) < 4.78 is 0. The normalized spacial score (nSPS) is 11.1. The molecule has 0 fully saturated rings. The van der Waals surface area contributed by atoms with E-state index in [9.17, 15) is 19.2 Å². The second-order valence-electron chi connectivity index (χ2n) is 34.6. The maximum atomic E-state index is 15.7. The van der Waals surface area contributed by atoms with Crippen molar-refractivity contribution < 1.29 is 52.7 Å². The molecule has 11 amide bonds. The Morgan fingerprint density at radius 3 is 0.583 bits per heavy atom. The average Bonchev–Trinajstić information content (AvgIpc) is 0.848. The van der Waals surface area contributed by atoms with Gasteiger partial charge in [0.15, 0.2) is 0 Å². The van der Waals surface area contributed by atoms with Crippen LogP contribution in [0.25, 0.3) is 0 Å². The Hall–Kier alpha value is -9.07. The first-order valence-electron chi connectivity index (χ1n) is 49.1. The van der Waals surface area contributed by atoms with Crippen LogP contribution in [0.2, 0.25) is 0 Å². The van der Waals surface area contributed by atoms with Crippen LogP contribution in [0.15, 0.2) is 121 Å². The highest BCUT2D eigenvalue weighted by Gasteiger charge is 2.33. The number of nitrogens with two attached hydrogens (primary N) is 4. The lowest BCUT2D eigenvalue weighted by Crippen LogP contribution is -2.53. The number of rotatable bonds is 77. The Labute approximate surface area is 764 Å². The second kappa shape index (κ2) is 70.9. The smallest absolute Gasteiger partial charge is 0.242 e. The highest BCUT2D eigenvalue weighted by atomic mass is 16.2. The van der Waals surface area contributed by atoms with Gasteiger partial charge in [0.1, 0.15) is 0 Å². The SMILES string of the molecule is CCCCCCCCCCN(CC(N)=O)C(=O)CN(CCCCCCCCCC)C(=O)CN(CCCCCCCCCC)C(=O)CN(CCCCCCCCCC)C(=O)CN(CCc1ccccc1)C(=O)CN(CCc1ccccc1)C(=O)CN(CCN)C(=O)CN(CCc1ccccc1)C(=O)CN(CCc1ccccc1)C(=O)CN(CCN)C(=O)CCCCCN. The third kappa shape index (κ3) is 50.5. The molecule has 0 saturated heterocycles. The fourth-order valence-corrected chi connectivity index (χ4v) is 15.9. The van der Waals surface area contributed by atoms with E-state index in [1.807, 2.05) is 121 Å². The molecule has 25 heteroatoms. The standard InChI is InChI=1S/C102H166N14O11/c1-5-9-13-17-21-25-29-48-68-107(78-92(106)117)94(119)79-108(69-49-30-26-22-18-14-10-6-2)95(120)80-109(70-50-31-27-23-19-15-11-7-3)96(121)81-110(71-51-32-28-24-20-16-12-8-4)97(122)82-111(72-61-88-52-38-33-39-53-88)98(123)84-113(74-63-90-56-42-35-43-57-90)101(126)87-116(77-67-105)102(127)85-114(75-64-91-58-44-36-45-59-91)99(124)83-112(73-62-89-54-40-34-41-55-89)100(125)86-115(76-66-104)93(118)60-46-37-47-65-103/h33-36,38-45,52-59H,5-32,37,46-51,60-87,103-105H2,1-4H3,(H2,106,117). The average molecular weight is 1760 g/mol. The van der Waals surface area contributed by atoms with Gasteiger partial charge in [-0.15, -0.1) is 0 Å². The Morgan fingerprint density at radius 1 is 0.197 bits per heavy atom. The molecule has 4 rings (SSSR count). The molecule has 710 valence electrons. The van der Waals surface area contributed by atoms with Gasteiger partial charge < -0.3 is 71.9 Å². The number of nitrogens with zero attached hydrogens (tertiary/aromatic N) is 10. The minimum absolute atomic E-state index is 0.0268. The third-order valence-electron chi connectivity index (χ3n) is 23.9. The van der Waals surface area contributed by atoms with Gasteiger partial charge in [0.25, 0.3) is 0 Å². The van der Waals surface area contributed by atoms with Crippen LogP contribution in [0.1, 0.15) is 281 Å². The minimum atomic E-state index is -0.638. The van der Waals surface area contributed by atoms with E-state index in [0.717, 1.165) is 196 Å². The Bertz CT molecular complexity index is 3640. The summed E-state index contributed by atoms with van der Waals surface area (Å²) in [6.45, 7) is 6.57. The van der Waals surface area contributed by atoms with Crippen molar-refractivity contribution in [2.45, 2.75) is 285 Å². The molecule has 0 spiro atoms. The summed E-state index contributed by atoms with van der Waals surface area (Å²) in [5.41, 5.74) is 27.4. The number of benzene rings is 4. The number of carbonyl (C=O) groups excluding carboxylic acids is 11. The highest BCUT2D eigenvalue weighted by Crippen LogP contribution is 2.19. The fraction of sp³-hybridized carbons (Fsp3) is 0.657. The molecular formula is C102H166N14O11. The van der Waals surface area contributed by atoms with Crippen LogP contribution < -0.4 is 22.9 Å². The van der Waals surface area contributed by atoms with Crippen LogP contribution in [-0.2, 0) is 78.4 Å². The third-order valence-corrected chi connectivity index (χ3v) is 23.9. The van der Waals surface area contributed by atoms with Crippen molar-refractivity contribution in [2.75, 3.05) is 151 Å². The summed E-state index contributed by atoms with van der Waals surface area (Å²) in [7, 11) is 0. The van der Waals surface area contributed by atoms with Crippen LogP contribution in [-0.4, -0.2) is 265 Å². The van der Waals surface area contributed by atoms with Crippen molar-refractivity contribution in [3.8, 4) is 0 Å². The topological polar surface area (TPSA) is 324 Å². The number of hydrogen-bond acceptors (Lipinski definition) is 14. The van der Waals surface area contributed by atoms with E-state index >= 15 is 33.6 Å². The summed E-state index contributed by atoms with van der Waals surface area (Å²) >= 11 is 0. The number of amides is 11. The number of hydrogen-bond donors (Lipinski definition) is 4. The Morgan fingerprint density at radius 2 is 0.378 bits per heavy atom. The molecule has 0 aromatic heterocycles. The zero-order valence-electron chi connectivity index (χ0n) is 78.9. The molecule has 0 aliphatic rings. The summed E-state index contributed by atoms with van der Waals surface area (Å²) in [5.74, 6) is -5.35. The van der Waals surface area contributed by atoms with Crippen molar-refractivity contribution in [3.63, 3.8) is 0 Å². The van der Waals surface area contributed by atoms with Gasteiger partial charge >= 0.3 is 0 Å². The molecule has 0 radical (unpaired) electrons. The van der Waals surface area contributed by atoms with Crippen LogP contribution in [0.3, 0.4) is 0 Å². The first kappa shape index (κ1) is 110. The lowest BCUT2D eigenvalue weighted by Gasteiger charge is -2.33. The first-order chi connectivity index (χ1) is 61.8. The monoisotopic (exact) mass is 1760 g/mol. The van der Waals surface area contributed by atoms with Gasteiger partial charge in [-0.05, 0) is 93.0 Å². The molecule has 0 saturated carbocycles. The molecule has 0 aliphatic heterocycles. The van der Waals surface area contributed by atoms with E-state index in [2.05, 4.69) is 27.7 Å². The summed E-state index contributed by atoms with van der Waals surface area (Å²) in [5, 5.41) is 0. The molecule has 127 heavy (non-hydrogen) atoms. The van der Waals surface area contributed by atoms with Crippen molar-refractivity contribution in [1.29, 1.82) is 0 Å². The predicted octanol–water partition coefficient (Wildman–Crippen LogP) is 13.7. The zero-order chi connectivity index (χ0) is 92.1. The summed E-state index contributed by atoms with van der Waals surface area (Å²) in [6, 6.07) is 38.1. The molecule has 0 atom stereocenters. The minimum Gasteiger partial charge on any atom is -0.368 e. The van der Waals surface area contributed by atoms with E-state index in [1.165, 1.54) is 58.5 Å². The number of unbranched alkanes of at least 4 members (excludes halogenated alkanes) is 30. The molecule has 0 bridgehead atoms. The van der Waals surface area contributed by atoms with E-state index in [1.54, 1.807) is 9.80 Å². The van der Waals surface area contributed by atoms with Crippen molar-refractivity contribution in [2.24, 2.45) is 22.9 Å². The van der Waals surface area contributed by atoms with E-state index in [4.69, 9.17) is 22.9 Å². The Kier molecular flexibility index (Phi) is 61.5. The van der Waals surface area contributed by atoms with Crippen molar-refractivity contribution >= 4 is 65.0 Å². The molecule has 8 N–H and O–H groups in total. The molecule has 0 unspecified atom stereocenters.